The molecule has 11 nitrogen and oxygen atoms in total. The first-order valence-electron chi connectivity index (χ1n) is 11.1. The van der Waals surface area contributed by atoms with Crippen LogP contribution in [-0.4, -0.2) is 51.8 Å². The van der Waals surface area contributed by atoms with Crippen molar-refractivity contribution in [2.75, 3.05) is 31.1 Å². The van der Waals surface area contributed by atoms with Crippen molar-refractivity contribution in [1.82, 2.24) is 15.2 Å². The van der Waals surface area contributed by atoms with Gasteiger partial charge < -0.3 is 10.2 Å². The van der Waals surface area contributed by atoms with E-state index in [-0.39, 0.29) is 23.5 Å². The Labute approximate surface area is 201 Å². The Morgan fingerprint density at radius 3 is 2.31 bits per heavy atom. The highest BCUT2D eigenvalue weighted by molar-refractivity contribution is 5.95. The molecule has 1 aliphatic heterocycles. The molecule has 2 aromatic carbocycles. The van der Waals surface area contributed by atoms with Crippen molar-refractivity contribution in [2.24, 2.45) is 0 Å². The molecule has 0 unspecified atom stereocenters. The molecule has 35 heavy (non-hydrogen) atoms. The van der Waals surface area contributed by atoms with E-state index in [1.54, 1.807) is 42.6 Å². The number of nitrogens with one attached hydrogen (secondary N) is 1. The van der Waals surface area contributed by atoms with Gasteiger partial charge in [0.05, 0.1) is 22.1 Å². The van der Waals surface area contributed by atoms with Gasteiger partial charge in [-0.1, -0.05) is 18.2 Å². The van der Waals surface area contributed by atoms with E-state index < -0.39 is 15.8 Å². The number of nitro groups is 2. The van der Waals surface area contributed by atoms with Gasteiger partial charge in [-0.05, 0) is 29.8 Å². The minimum Gasteiger partial charge on any atom is -0.363 e. The highest BCUT2D eigenvalue weighted by Gasteiger charge is 2.25. The smallest absolute Gasteiger partial charge is 0.293 e. The van der Waals surface area contributed by atoms with Crippen LogP contribution in [0.2, 0.25) is 0 Å². The third-order valence-electron chi connectivity index (χ3n) is 5.86. The number of rotatable bonds is 8. The lowest BCUT2D eigenvalue weighted by molar-refractivity contribution is -0.384. The van der Waals surface area contributed by atoms with E-state index in [4.69, 9.17) is 0 Å². The van der Waals surface area contributed by atoms with Crippen molar-refractivity contribution in [3.8, 4) is 0 Å². The Morgan fingerprint density at radius 2 is 1.69 bits per heavy atom. The maximum absolute atomic E-state index is 12.5. The van der Waals surface area contributed by atoms with Crippen LogP contribution < -0.4 is 10.2 Å². The fourth-order valence-electron chi connectivity index (χ4n) is 3.98. The molecule has 0 aliphatic carbocycles. The molecule has 11 heteroatoms. The minimum atomic E-state index is -0.464. The van der Waals surface area contributed by atoms with Crippen molar-refractivity contribution in [1.29, 1.82) is 0 Å². The van der Waals surface area contributed by atoms with Gasteiger partial charge >= 0.3 is 0 Å². The summed E-state index contributed by atoms with van der Waals surface area (Å²) in [6.45, 7) is 3.40. The average Bonchev–Trinajstić information content (AvgIpc) is 2.88. The summed E-state index contributed by atoms with van der Waals surface area (Å²) in [7, 11) is 0. The quantitative estimate of drug-likeness (QED) is 0.387. The number of nitrogens with zero attached hydrogens (tertiary/aromatic N) is 5. The Balaban J connectivity index is 1.38. The zero-order valence-corrected chi connectivity index (χ0v) is 18.9. The lowest BCUT2D eigenvalue weighted by Crippen LogP contribution is -2.46. The molecule has 1 amide bonds. The number of nitro benzene ring substituents is 2. The van der Waals surface area contributed by atoms with Crippen molar-refractivity contribution < 1.29 is 14.6 Å². The van der Waals surface area contributed by atoms with E-state index in [0.29, 0.717) is 44.1 Å². The van der Waals surface area contributed by atoms with Crippen LogP contribution in [0.25, 0.3) is 0 Å². The largest absolute Gasteiger partial charge is 0.363 e. The van der Waals surface area contributed by atoms with Crippen LogP contribution in [-0.2, 0) is 13.1 Å². The Hall–Kier alpha value is -4.38. The minimum absolute atomic E-state index is 0.0553. The van der Waals surface area contributed by atoms with E-state index in [0.717, 1.165) is 5.56 Å². The third kappa shape index (κ3) is 5.95. The summed E-state index contributed by atoms with van der Waals surface area (Å²) in [6, 6.07) is 16.4. The van der Waals surface area contributed by atoms with Crippen LogP contribution in [0.3, 0.4) is 0 Å². The summed E-state index contributed by atoms with van der Waals surface area (Å²) >= 11 is 0. The van der Waals surface area contributed by atoms with Crippen LogP contribution in [0.4, 0.5) is 17.1 Å². The third-order valence-corrected chi connectivity index (χ3v) is 5.86. The standard InChI is InChI=1S/C24H24N6O5/c31-24(26-16-20-3-1-2-10-25-20)19-6-9-22(23(15-19)30(34)35)28-13-11-27(12-14-28)17-18-4-7-21(8-5-18)29(32)33/h1-10,15H,11-14,16-17H2,(H,26,31). The van der Waals surface area contributed by atoms with Crippen LogP contribution in [0.1, 0.15) is 21.6 Å². The van der Waals surface area contributed by atoms with Gasteiger partial charge in [0.15, 0.2) is 0 Å². The number of carbonyl (C=O) groups excluding carboxylic acids is 1. The number of hydrogen-bond donors (Lipinski definition) is 1. The number of anilines is 1. The molecule has 2 heterocycles. The van der Waals surface area contributed by atoms with E-state index in [2.05, 4.69) is 15.2 Å². The predicted octanol–water partition coefficient (Wildman–Crippen LogP) is 3.15. The van der Waals surface area contributed by atoms with Crippen molar-refractivity contribution in [3.05, 3.63) is 104 Å². The zero-order valence-electron chi connectivity index (χ0n) is 18.9. The predicted molar refractivity (Wildman–Crippen MR) is 129 cm³/mol. The van der Waals surface area contributed by atoms with Gasteiger partial charge in [0.2, 0.25) is 0 Å². The van der Waals surface area contributed by atoms with Gasteiger partial charge in [-0.2, -0.15) is 0 Å². The molecule has 1 aromatic heterocycles. The van der Waals surface area contributed by atoms with Crippen LogP contribution in [0.15, 0.2) is 66.9 Å². The van der Waals surface area contributed by atoms with Gasteiger partial charge in [-0.15, -0.1) is 0 Å². The first kappa shape index (κ1) is 23.8. The van der Waals surface area contributed by atoms with E-state index in [1.807, 2.05) is 11.0 Å². The van der Waals surface area contributed by atoms with Gasteiger partial charge in [-0.3, -0.25) is 34.9 Å². The van der Waals surface area contributed by atoms with E-state index in [9.17, 15) is 25.0 Å². The number of amides is 1. The highest BCUT2D eigenvalue weighted by atomic mass is 16.6. The number of non-ortho nitro benzene ring substituents is 1. The van der Waals surface area contributed by atoms with E-state index >= 15 is 0 Å². The molecule has 4 rings (SSSR count). The summed E-state index contributed by atoms with van der Waals surface area (Å²) in [6.07, 6.45) is 1.63. The summed E-state index contributed by atoms with van der Waals surface area (Å²) < 4.78 is 0. The molecule has 0 saturated carbocycles. The molecular formula is C24H24N6O5. The molecule has 3 aromatic rings. The van der Waals surface area contributed by atoms with Crippen molar-refractivity contribution >= 4 is 23.0 Å². The van der Waals surface area contributed by atoms with Gasteiger partial charge in [0.25, 0.3) is 17.3 Å². The van der Waals surface area contributed by atoms with Crippen LogP contribution in [0.5, 0.6) is 0 Å². The normalized spacial score (nSPS) is 13.9. The number of aromatic nitrogens is 1. The second kappa shape index (κ2) is 10.7. The Kier molecular flexibility index (Phi) is 7.27. The van der Waals surface area contributed by atoms with Gasteiger partial charge in [-0.25, -0.2) is 0 Å². The molecule has 1 fully saturated rings. The summed E-state index contributed by atoms with van der Waals surface area (Å²) in [5.41, 5.74) is 2.30. The molecule has 0 spiro atoms. The SMILES string of the molecule is O=C(NCc1ccccn1)c1ccc(N2CCN(Cc3ccc([N+](=O)[O-])cc3)CC2)c([N+](=O)[O-])c1. The molecule has 1 aliphatic rings. The fourth-order valence-corrected chi connectivity index (χ4v) is 3.98. The van der Waals surface area contributed by atoms with Crippen LogP contribution in [0, 0.1) is 20.2 Å². The monoisotopic (exact) mass is 476 g/mol. The zero-order chi connectivity index (χ0) is 24.8. The highest BCUT2D eigenvalue weighted by Crippen LogP contribution is 2.30. The lowest BCUT2D eigenvalue weighted by atomic mass is 10.1. The number of carbonyl (C=O) groups is 1. The number of pyridine rings is 1. The fraction of sp³-hybridized carbons (Fsp3) is 0.250. The molecule has 1 saturated heterocycles. The Bertz CT molecular complexity index is 1210. The van der Waals surface area contributed by atoms with Gasteiger partial charge in [0, 0.05) is 62.7 Å². The second-order valence-electron chi connectivity index (χ2n) is 8.15. The average molecular weight is 476 g/mol. The molecule has 0 bridgehead atoms. The lowest BCUT2D eigenvalue weighted by Gasteiger charge is -2.35. The number of hydrogen-bond acceptors (Lipinski definition) is 8. The summed E-state index contributed by atoms with van der Waals surface area (Å²) in [5.74, 6) is -0.404. The number of benzene rings is 2. The topological polar surface area (TPSA) is 135 Å². The number of piperazine rings is 1. The molecular weight excluding hydrogens is 452 g/mol. The van der Waals surface area contributed by atoms with Gasteiger partial charge in [0.1, 0.15) is 5.69 Å². The first-order chi connectivity index (χ1) is 16.9. The molecule has 1 N–H and O–H groups in total. The molecule has 0 radical (unpaired) electrons. The summed E-state index contributed by atoms with van der Waals surface area (Å²) in [4.78, 5) is 42.5. The maximum Gasteiger partial charge on any atom is 0.293 e. The molecule has 180 valence electrons. The van der Waals surface area contributed by atoms with Crippen molar-refractivity contribution in [3.63, 3.8) is 0 Å². The molecule has 0 atom stereocenters. The second-order valence-corrected chi connectivity index (χ2v) is 8.15. The van der Waals surface area contributed by atoms with Crippen molar-refractivity contribution in [2.45, 2.75) is 13.1 Å². The first-order valence-corrected chi connectivity index (χ1v) is 11.1. The van der Waals surface area contributed by atoms with E-state index in [1.165, 1.54) is 18.2 Å². The van der Waals surface area contributed by atoms with Crippen LogP contribution >= 0.6 is 0 Å². The maximum atomic E-state index is 12.5. The Morgan fingerprint density at radius 1 is 0.943 bits per heavy atom. The summed E-state index contributed by atoms with van der Waals surface area (Å²) in [5, 5.41) is 25.3.